The van der Waals surface area contributed by atoms with Crippen molar-refractivity contribution in [3.8, 4) is 0 Å². The van der Waals surface area contributed by atoms with Crippen LogP contribution in [0, 0.1) is 22.2 Å². The van der Waals surface area contributed by atoms with Crippen LogP contribution in [0.25, 0.3) is 0 Å². The minimum Gasteiger partial charge on any atom is -0.325 e. The van der Waals surface area contributed by atoms with E-state index >= 15 is 0 Å². The van der Waals surface area contributed by atoms with Gasteiger partial charge in [0.05, 0.1) is 5.41 Å². The van der Waals surface area contributed by atoms with Gasteiger partial charge in [-0.2, -0.15) is 0 Å². The van der Waals surface area contributed by atoms with Crippen molar-refractivity contribution in [2.24, 2.45) is 22.2 Å². The molecule has 0 radical (unpaired) electrons. The van der Waals surface area contributed by atoms with Crippen molar-refractivity contribution < 1.29 is 4.79 Å². The van der Waals surface area contributed by atoms with Gasteiger partial charge in [0.15, 0.2) is 0 Å². The summed E-state index contributed by atoms with van der Waals surface area (Å²) >= 11 is 0. The van der Waals surface area contributed by atoms with Crippen LogP contribution in [-0.4, -0.2) is 5.91 Å². The first-order chi connectivity index (χ1) is 8.24. The number of hydrogen-bond acceptors (Lipinski definition) is 1. The van der Waals surface area contributed by atoms with Gasteiger partial charge in [-0.05, 0) is 22.5 Å². The molecule has 1 amide bonds. The van der Waals surface area contributed by atoms with Gasteiger partial charge < -0.3 is 5.32 Å². The fourth-order valence-electron chi connectivity index (χ4n) is 4.67. The quantitative estimate of drug-likeness (QED) is 0.695. The van der Waals surface area contributed by atoms with E-state index < -0.39 is 0 Å². The lowest BCUT2D eigenvalue weighted by Crippen LogP contribution is -2.65. The third-order valence-electron chi connectivity index (χ3n) is 5.14. The van der Waals surface area contributed by atoms with Crippen LogP contribution in [0.3, 0.4) is 0 Å². The summed E-state index contributed by atoms with van der Waals surface area (Å²) in [5, 5.41) is 3.10. The number of carbonyl (C=O) groups is 1. The Morgan fingerprint density at radius 1 is 1.22 bits per heavy atom. The highest BCUT2D eigenvalue weighted by atomic mass is 16.2. The summed E-state index contributed by atoms with van der Waals surface area (Å²) in [6.45, 7) is 11.0. The maximum absolute atomic E-state index is 12.7. The third kappa shape index (κ3) is 0.955. The van der Waals surface area contributed by atoms with Crippen molar-refractivity contribution in [3.05, 3.63) is 35.6 Å². The van der Waals surface area contributed by atoms with E-state index in [9.17, 15) is 4.79 Å². The van der Waals surface area contributed by atoms with Crippen LogP contribution >= 0.6 is 0 Å². The summed E-state index contributed by atoms with van der Waals surface area (Å²) < 4.78 is 0. The lowest BCUT2D eigenvalue weighted by atomic mass is 9.36. The van der Waals surface area contributed by atoms with Crippen molar-refractivity contribution in [3.63, 3.8) is 0 Å². The second-order valence-corrected chi connectivity index (χ2v) is 7.22. The van der Waals surface area contributed by atoms with Crippen LogP contribution < -0.4 is 5.32 Å². The predicted molar refractivity (Wildman–Crippen MR) is 72.6 cm³/mol. The zero-order valence-corrected chi connectivity index (χ0v) is 11.8. The highest BCUT2D eigenvalue weighted by molar-refractivity contribution is 5.96. The molecular weight excluding hydrogens is 222 g/mol. The topological polar surface area (TPSA) is 29.1 Å². The van der Waals surface area contributed by atoms with E-state index in [2.05, 4.69) is 52.1 Å². The molecule has 1 unspecified atom stereocenters. The molecule has 96 valence electrons. The summed E-state index contributed by atoms with van der Waals surface area (Å²) in [6, 6.07) is 0. The molecule has 18 heavy (non-hydrogen) atoms. The molecule has 2 atom stereocenters. The zero-order valence-electron chi connectivity index (χ0n) is 11.8. The van der Waals surface area contributed by atoms with E-state index in [-0.39, 0.29) is 22.2 Å². The van der Waals surface area contributed by atoms with Gasteiger partial charge in [0.1, 0.15) is 0 Å². The van der Waals surface area contributed by atoms with Gasteiger partial charge in [0.2, 0.25) is 5.91 Å². The molecule has 2 heteroatoms. The summed E-state index contributed by atoms with van der Waals surface area (Å²) in [5.74, 6) is 0.557. The van der Waals surface area contributed by atoms with Crippen LogP contribution in [0.15, 0.2) is 35.6 Å². The normalized spacial score (nSPS) is 36.1. The molecular formula is C16H21NO. The molecule has 2 nitrogen and oxygen atoms in total. The Hall–Kier alpha value is -1.31. The first kappa shape index (κ1) is 11.8. The number of rotatable bonds is 0. The maximum Gasteiger partial charge on any atom is 0.235 e. The van der Waals surface area contributed by atoms with Gasteiger partial charge in [-0.15, -0.1) is 0 Å². The van der Waals surface area contributed by atoms with Crippen molar-refractivity contribution in [2.45, 2.75) is 34.6 Å². The van der Waals surface area contributed by atoms with Crippen molar-refractivity contribution in [2.75, 3.05) is 0 Å². The number of hydrogen-bond donors (Lipinski definition) is 1. The summed E-state index contributed by atoms with van der Waals surface area (Å²) in [5.41, 5.74) is 1.87. The predicted octanol–water partition coefficient (Wildman–Crippen LogP) is 3.18. The van der Waals surface area contributed by atoms with Crippen molar-refractivity contribution >= 4 is 5.91 Å². The number of nitrogens with one attached hydrogen (secondary N) is 1. The number of carbonyl (C=O) groups excluding carboxylic acids is 1. The average Bonchev–Trinajstić information content (AvgIpc) is 2.37. The largest absolute Gasteiger partial charge is 0.325 e. The summed E-state index contributed by atoms with van der Waals surface area (Å²) in [7, 11) is 0. The first-order valence-electron chi connectivity index (χ1n) is 6.65. The minimum absolute atomic E-state index is 0.0328. The Balaban J connectivity index is 2.29. The van der Waals surface area contributed by atoms with Crippen LogP contribution in [-0.2, 0) is 4.79 Å². The summed E-state index contributed by atoms with van der Waals surface area (Å²) in [4.78, 5) is 12.7. The Kier molecular flexibility index (Phi) is 1.95. The van der Waals surface area contributed by atoms with Gasteiger partial charge in [-0.3, -0.25) is 4.79 Å². The molecule has 2 aliphatic carbocycles. The molecule has 0 bridgehead atoms. The van der Waals surface area contributed by atoms with E-state index in [0.717, 1.165) is 5.70 Å². The zero-order chi connectivity index (χ0) is 13.3. The van der Waals surface area contributed by atoms with E-state index in [0.29, 0.717) is 5.92 Å². The second kappa shape index (κ2) is 2.98. The van der Waals surface area contributed by atoms with E-state index in [1.54, 1.807) is 0 Å². The summed E-state index contributed by atoms with van der Waals surface area (Å²) in [6.07, 6.45) is 8.40. The molecule has 0 aromatic carbocycles. The smallest absolute Gasteiger partial charge is 0.235 e. The minimum atomic E-state index is -0.362. The SMILES string of the molecule is CC(C)(C)C12C(=O)NC3=C1[C@@H](C=CC=C3)C2(C)C. The monoisotopic (exact) mass is 243 g/mol. The molecule has 0 aromatic heterocycles. The Morgan fingerprint density at radius 2 is 1.89 bits per heavy atom. The fraction of sp³-hybridized carbons (Fsp3) is 0.562. The maximum atomic E-state index is 12.7. The van der Waals surface area contributed by atoms with Gasteiger partial charge in [0, 0.05) is 11.6 Å². The van der Waals surface area contributed by atoms with Gasteiger partial charge >= 0.3 is 0 Å². The number of amides is 1. The molecule has 0 saturated heterocycles. The molecule has 1 fully saturated rings. The molecule has 1 heterocycles. The van der Waals surface area contributed by atoms with Crippen LogP contribution in [0.1, 0.15) is 34.6 Å². The Bertz CT molecular complexity index is 528. The fourth-order valence-corrected chi connectivity index (χ4v) is 4.67. The highest BCUT2D eigenvalue weighted by Gasteiger charge is 2.74. The third-order valence-corrected chi connectivity index (χ3v) is 5.14. The van der Waals surface area contributed by atoms with Crippen molar-refractivity contribution in [1.29, 1.82) is 0 Å². The molecule has 0 spiro atoms. The lowest BCUT2D eigenvalue weighted by molar-refractivity contribution is -0.156. The Labute approximate surface area is 109 Å². The van der Waals surface area contributed by atoms with Gasteiger partial charge in [0.25, 0.3) is 0 Å². The molecule has 1 saturated carbocycles. The molecule has 3 aliphatic rings. The molecule has 3 rings (SSSR count). The van der Waals surface area contributed by atoms with Gasteiger partial charge in [-0.25, -0.2) is 0 Å². The first-order valence-corrected chi connectivity index (χ1v) is 6.65. The second-order valence-electron chi connectivity index (χ2n) is 7.22. The van der Waals surface area contributed by atoms with Crippen molar-refractivity contribution in [1.82, 2.24) is 5.32 Å². The lowest BCUT2D eigenvalue weighted by Gasteiger charge is -2.64. The number of allylic oxidation sites excluding steroid dienone is 4. The molecule has 0 aromatic rings. The standard InChI is InChI=1S/C16H21NO/c1-14(2,3)16-12-10(15(16,4)5)8-6-7-9-11(12)17-13(16)18/h6-10H,1-5H3,(H,17,18)/t10-,16?/m1/s1. The average molecular weight is 243 g/mol. The van der Waals surface area contributed by atoms with Crippen LogP contribution in [0.4, 0.5) is 0 Å². The molecule has 1 N–H and O–H groups in total. The Morgan fingerprint density at radius 3 is 2.50 bits per heavy atom. The molecule has 1 aliphatic heterocycles. The van der Waals surface area contributed by atoms with Gasteiger partial charge in [-0.1, -0.05) is 52.8 Å². The van der Waals surface area contributed by atoms with E-state index in [1.165, 1.54) is 5.57 Å². The van der Waals surface area contributed by atoms with E-state index in [1.807, 2.05) is 12.2 Å². The van der Waals surface area contributed by atoms with Crippen LogP contribution in [0.2, 0.25) is 0 Å². The van der Waals surface area contributed by atoms with E-state index in [4.69, 9.17) is 0 Å². The van der Waals surface area contributed by atoms with Crippen LogP contribution in [0.5, 0.6) is 0 Å². The highest BCUT2D eigenvalue weighted by Crippen LogP contribution is 2.74.